The van der Waals surface area contributed by atoms with Crippen LogP contribution in [0.5, 0.6) is 0 Å². The quantitative estimate of drug-likeness (QED) is 0.842. The molecule has 1 N–H and O–H groups in total. The van der Waals surface area contributed by atoms with Crippen molar-refractivity contribution in [3.8, 4) is 0 Å². The zero-order valence-corrected chi connectivity index (χ0v) is 13.5. The van der Waals surface area contributed by atoms with Crippen LogP contribution in [0.1, 0.15) is 28.8 Å². The van der Waals surface area contributed by atoms with Gasteiger partial charge in [-0.3, -0.25) is 14.4 Å². The Morgan fingerprint density at radius 3 is 2.46 bits per heavy atom. The number of aryl methyl sites for hydroxylation is 1. The van der Waals surface area contributed by atoms with Crippen molar-refractivity contribution >= 4 is 11.9 Å². The lowest BCUT2D eigenvalue weighted by atomic mass is 10.1. The molecule has 0 fully saturated rings. The highest BCUT2D eigenvalue weighted by atomic mass is 16.4. The van der Waals surface area contributed by atoms with Crippen molar-refractivity contribution in [1.82, 2.24) is 9.47 Å². The SMILES string of the molecule is Cn1cc(C(=O)N(CCCC(=O)O)Cc2ccccc2)ccc1=O. The normalized spacial score (nSPS) is 10.4. The Hall–Kier alpha value is -2.89. The number of aliphatic carboxylic acids is 1. The molecule has 1 aromatic carbocycles. The van der Waals surface area contributed by atoms with Crippen LogP contribution in [0, 0.1) is 0 Å². The molecular formula is C18H20N2O4. The molecule has 0 aliphatic carbocycles. The summed E-state index contributed by atoms with van der Waals surface area (Å²) in [6.45, 7) is 0.727. The van der Waals surface area contributed by atoms with Crippen molar-refractivity contribution in [2.75, 3.05) is 6.54 Å². The summed E-state index contributed by atoms with van der Waals surface area (Å²) >= 11 is 0. The zero-order valence-electron chi connectivity index (χ0n) is 13.5. The number of carbonyl (C=O) groups is 2. The third kappa shape index (κ3) is 4.81. The second-order valence-corrected chi connectivity index (χ2v) is 5.58. The standard InChI is InChI=1S/C18H20N2O4/c1-19-13-15(9-10-16(19)21)18(24)20(11-5-8-17(22)23)12-14-6-3-2-4-7-14/h2-4,6-7,9-10,13H,5,8,11-12H2,1H3,(H,22,23). The van der Waals surface area contributed by atoms with Gasteiger partial charge in [0.05, 0.1) is 5.56 Å². The van der Waals surface area contributed by atoms with Gasteiger partial charge in [-0.15, -0.1) is 0 Å². The number of benzene rings is 1. The van der Waals surface area contributed by atoms with Crippen molar-refractivity contribution in [3.05, 3.63) is 70.1 Å². The Balaban J connectivity index is 2.19. The molecule has 0 radical (unpaired) electrons. The highest BCUT2D eigenvalue weighted by molar-refractivity contribution is 5.93. The number of aromatic nitrogens is 1. The lowest BCUT2D eigenvalue weighted by Gasteiger charge is -2.23. The molecule has 0 aliphatic heterocycles. The van der Waals surface area contributed by atoms with E-state index < -0.39 is 5.97 Å². The minimum absolute atomic E-state index is 0.00580. The number of rotatable bonds is 7. The van der Waals surface area contributed by atoms with E-state index in [0.29, 0.717) is 25.1 Å². The van der Waals surface area contributed by atoms with Gasteiger partial charge in [0.1, 0.15) is 0 Å². The van der Waals surface area contributed by atoms with Crippen LogP contribution in [0.25, 0.3) is 0 Å². The molecule has 2 aromatic rings. The molecule has 0 aliphatic rings. The Labute approximate surface area is 140 Å². The molecule has 1 amide bonds. The molecule has 0 atom stereocenters. The van der Waals surface area contributed by atoms with Gasteiger partial charge in [-0.05, 0) is 18.1 Å². The number of hydrogen-bond donors (Lipinski definition) is 1. The molecule has 1 aromatic heterocycles. The molecule has 126 valence electrons. The van der Waals surface area contributed by atoms with Crippen LogP contribution in [0.3, 0.4) is 0 Å². The average Bonchev–Trinajstić information content (AvgIpc) is 2.56. The van der Waals surface area contributed by atoms with Gasteiger partial charge in [-0.1, -0.05) is 30.3 Å². The van der Waals surface area contributed by atoms with Gasteiger partial charge < -0.3 is 14.6 Å². The van der Waals surface area contributed by atoms with Gasteiger partial charge in [0.25, 0.3) is 5.91 Å². The lowest BCUT2D eigenvalue weighted by molar-refractivity contribution is -0.137. The van der Waals surface area contributed by atoms with Crippen molar-refractivity contribution in [1.29, 1.82) is 0 Å². The molecule has 0 spiro atoms. The maximum atomic E-state index is 12.8. The Bertz CT molecular complexity index is 768. The van der Waals surface area contributed by atoms with E-state index in [0.717, 1.165) is 5.56 Å². The highest BCUT2D eigenvalue weighted by Crippen LogP contribution is 2.11. The Kier molecular flexibility index (Phi) is 5.89. The summed E-state index contributed by atoms with van der Waals surface area (Å²) < 4.78 is 1.35. The smallest absolute Gasteiger partial charge is 0.303 e. The maximum Gasteiger partial charge on any atom is 0.303 e. The van der Waals surface area contributed by atoms with Crippen LogP contribution in [-0.4, -0.2) is 33.0 Å². The van der Waals surface area contributed by atoms with E-state index in [1.807, 2.05) is 30.3 Å². The number of hydrogen-bond acceptors (Lipinski definition) is 3. The summed E-state index contributed by atoms with van der Waals surface area (Å²) in [6, 6.07) is 12.4. The third-order valence-corrected chi connectivity index (χ3v) is 3.65. The van der Waals surface area contributed by atoms with E-state index in [1.54, 1.807) is 11.9 Å². The van der Waals surface area contributed by atoms with E-state index in [4.69, 9.17) is 5.11 Å². The van der Waals surface area contributed by atoms with Gasteiger partial charge >= 0.3 is 5.97 Å². The van der Waals surface area contributed by atoms with Crippen LogP contribution in [0.4, 0.5) is 0 Å². The topological polar surface area (TPSA) is 79.6 Å². The molecule has 1 heterocycles. The van der Waals surface area contributed by atoms with Crippen LogP contribution in [0.2, 0.25) is 0 Å². The van der Waals surface area contributed by atoms with Crippen LogP contribution < -0.4 is 5.56 Å². The fourth-order valence-electron chi connectivity index (χ4n) is 2.38. The summed E-state index contributed by atoms with van der Waals surface area (Å²) in [5, 5.41) is 8.80. The highest BCUT2D eigenvalue weighted by Gasteiger charge is 2.17. The second kappa shape index (κ2) is 8.10. The molecule has 0 saturated heterocycles. The molecule has 2 rings (SSSR count). The number of carboxylic acids is 1. The first kappa shape index (κ1) is 17.5. The minimum atomic E-state index is -0.885. The minimum Gasteiger partial charge on any atom is -0.481 e. The molecule has 0 saturated carbocycles. The molecular weight excluding hydrogens is 308 g/mol. The van der Waals surface area contributed by atoms with E-state index in [9.17, 15) is 14.4 Å². The largest absolute Gasteiger partial charge is 0.481 e. The molecule has 6 nitrogen and oxygen atoms in total. The maximum absolute atomic E-state index is 12.8. The van der Waals surface area contributed by atoms with Gasteiger partial charge in [-0.2, -0.15) is 0 Å². The van der Waals surface area contributed by atoms with E-state index >= 15 is 0 Å². The number of carbonyl (C=O) groups excluding carboxylic acids is 1. The van der Waals surface area contributed by atoms with Crippen LogP contribution in [-0.2, 0) is 18.4 Å². The van der Waals surface area contributed by atoms with Gasteiger partial charge in [0.2, 0.25) is 5.56 Å². The first-order valence-electron chi connectivity index (χ1n) is 7.69. The summed E-state index contributed by atoms with van der Waals surface area (Å²) in [6.07, 6.45) is 1.88. The van der Waals surface area contributed by atoms with Gasteiger partial charge in [0, 0.05) is 38.8 Å². The van der Waals surface area contributed by atoms with Crippen molar-refractivity contribution in [3.63, 3.8) is 0 Å². The van der Waals surface area contributed by atoms with E-state index in [1.165, 1.54) is 22.9 Å². The fourth-order valence-corrected chi connectivity index (χ4v) is 2.38. The van der Waals surface area contributed by atoms with Crippen molar-refractivity contribution < 1.29 is 14.7 Å². The molecule has 0 bridgehead atoms. The number of amides is 1. The number of pyridine rings is 1. The second-order valence-electron chi connectivity index (χ2n) is 5.58. The van der Waals surface area contributed by atoms with E-state index in [-0.39, 0.29) is 17.9 Å². The number of carboxylic acid groups (broad SMARTS) is 1. The summed E-state index contributed by atoms with van der Waals surface area (Å²) in [5.74, 6) is -1.11. The van der Waals surface area contributed by atoms with Gasteiger partial charge in [0.15, 0.2) is 0 Å². The first-order valence-corrected chi connectivity index (χ1v) is 7.69. The molecule has 0 unspecified atom stereocenters. The predicted molar refractivity (Wildman–Crippen MR) is 89.7 cm³/mol. The number of nitrogens with zero attached hydrogens (tertiary/aromatic N) is 2. The van der Waals surface area contributed by atoms with E-state index in [2.05, 4.69) is 0 Å². The molecule has 24 heavy (non-hydrogen) atoms. The summed E-state index contributed by atoms with van der Waals surface area (Å²) in [7, 11) is 1.59. The predicted octanol–water partition coefficient (Wildman–Crippen LogP) is 1.89. The first-order chi connectivity index (χ1) is 11.5. The average molecular weight is 328 g/mol. The van der Waals surface area contributed by atoms with Crippen molar-refractivity contribution in [2.45, 2.75) is 19.4 Å². The Morgan fingerprint density at radius 2 is 1.83 bits per heavy atom. The summed E-state index contributed by atoms with van der Waals surface area (Å²) in [4.78, 5) is 36.6. The third-order valence-electron chi connectivity index (χ3n) is 3.65. The fraction of sp³-hybridized carbons (Fsp3) is 0.278. The summed E-state index contributed by atoms with van der Waals surface area (Å²) in [5.41, 5.74) is 1.18. The molecule has 6 heteroatoms. The van der Waals surface area contributed by atoms with Crippen molar-refractivity contribution in [2.24, 2.45) is 7.05 Å². The monoisotopic (exact) mass is 328 g/mol. The van der Waals surface area contributed by atoms with Crippen LogP contribution >= 0.6 is 0 Å². The lowest BCUT2D eigenvalue weighted by Crippen LogP contribution is -2.32. The zero-order chi connectivity index (χ0) is 17.5. The van der Waals surface area contributed by atoms with Crippen LogP contribution in [0.15, 0.2) is 53.5 Å². The Morgan fingerprint density at radius 1 is 1.12 bits per heavy atom. The van der Waals surface area contributed by atoms with Gasteiger partial charge in [-0.25, -0.2) is 0 Å².